The number of aryl methyl sites for hydroxylation is 1. The molecule has 0 heterocycles. The number of hydrogen-bond donors (Lipinski definition) is 1. The molecular formula is C14H19NO2. The van der Waals surface area contributed by atoms with Gasteiger partial charge in [-0.1, -0.05) is 12.1 Å². The van der Waals surface area contributed by atoms with Crippen molar-refractivity contribution in [1.82, 2.24) is 4.90 Å². The number of allylic oxidation sites excluding steroid dienone is 1. The van der Waals surface area contributed by atoms with Gasteiger partial charge in [-0.05, 0) is 44.1 Å². The summed E-state index contributed by atoms with van der Waals surface area (Å²) < 4.78 is 5.16. The van der Waals surface area contributed by atoms with Crippen molar-refractivity contribution in [3.63, 3.8) is 0 Å². The Kier molecular flexibility index (Phi) is 3.38. The smallest absolute Gasteiger partial charge is 0.165 e. The van der Waals surface area contributed by atoms with E-state index < -0.39 is 0 Å². The molecule has 1 N–H and O–H groups in total. The van der Waals surface area contributed by atoms with Crippen LogP contribution in [0.1, 0.15) is 17.5 Å². The lowest BCUT2D eigenvalue weighted by Crippen LogP contribution is -2.10. The van der Waals surface area contributed by atoms with Crippen molar-refractivity contribution >= 4 is 5.57 Å². The number of phenolic OH excluding ortho intramolecular Hbond substituents is 1. The van der Waals surface area contributed by atoms with Crippen molar-refractivity contribution < 1.29 is 9.84 Å². The fraction of sp³-hybridized carbons (Fsp3) is 0.429. The summed E-state index contributed by atoms with van der Waals surface area (Å²) in [5.74, 6) is 0.842. The second kappa shape index (κ2) is 4.80. The first-order valence-electron chi connectivity index (χ1n) is 5.86. The van der Waals surface area contributed by atoms with Crippen molar-refractivity contribution in [2.24, 2.45) is 0 Å². The van der Waals surface area contributed by atoms with Gasteiger partial charge in [0.1, 0.15) is 0 Å². The van der Waals surface area contributed by atoms with E-state index in [1.807, 2.05) is 26.2 Å². The number of nitrogens with zero attached hydrogens (tertiary/aromatic N) is 1. The molecule has 3 nitrogen and oxygen atoms in total. The highest BCUT2D eigenvalue weighted by Gasteiger charge is 2.22. The SMILES string of the molecule is COc1ccc2c(c1O)/C(=C/CN(C)C)CC2. The molecule has 0 radical (unpaired) electrons. The number of likely N-dealkylation sites (N-methyl/N-ethyl adjacent to an activating group) is 1. The van der Waals surface area contributed by atoms with E-state index in [9.17, 15) is 5.11 Å². The number of fused-ring (bicyclic) bond motifs is 1. The summed E-state index contributed by atoms with van der Waals surface area (Å²) in [5.41, 5.74) is 3.42. The predicted octanol–water partition coefficient (Wildman–Crippen LogP) is 2.29. The molecule has 0 bridgehead atoms. The first kappa shape index (κ1) is 12.0. The molecule has 1 aromatic rings. The maximum atomic E-state index is 10.2. The quantitative estimate of drug-likeness (QED) is 0.869. The molecule has 0 amide bonds. The van der Waals surface area contributed by atoms with Gasteiger partial charge < -0.3 is 14.7 Å². The van der Waals surface area contributed by atoms with E-state index >= 15 is 0 Å². The number of hydrogen-bond acceptors (Lipinski definition) is 3. The van der Waals surface area contributed by atoms with Crippen LogP contribution in [0.3, 0.4) is 0 Å². The van der Waals surface area contributed by atoms with E-state index in [4.69, 9.17) is 4.74 Å². The Morgan fingerprint density at radius 3 is 2.76 bits per heavy atom. The summed E-state index contributed by atoms with van der Waals surface area (Å²) >= 11 is 0. The van der Waals surface area contributed by atoms with Crippen LogP contribution in [0.25, 0.3) is 5.57 Å². The van der Waals surface area contributed by atoms with Crippen LogP contribution in [0.2, 0.25) is 0 Å². The Bertz CT molecular complexity index is 450. The van der Waals surface area contributed by atoms with Crippen LogP contribution >= 0.6 is 0 Å². The third-order valence-corrected chi connectivity index (χ3v) is 3.13. The highest BCUT2D eigenvalue weighted by atomic mass is 16.5. The Labute approximate surface area is 102 Å². The largest absolute Gasteiger partial charge is 0.504 e. The Balaban J connectivity index is 2.39. The number of aromatic hydroxyl groups is 1. The van der Waals surface area contributed by atoms with Crippen LogP contribution < -0.4 is 4.74 Å². The molecule has 0 spiro atoms. The average Bonchev–Trinajstić information content (AvgIpc) is 2.71. The Morgan fingerprint density at radius 2 is 2.12 bits per heavy atom. The number of rotatable bonds is 3. The van der Waals surface area contributed by atoms with E-state index in [1.54, 1.807) is 7.11 Å². The molecule has 17 heavy (non-hydrogen) atoms. The van der Waals surface area contributed by atoms with Crippen molar-refractivity contribution in [3.8, 4) is 11.5 Å². The minimum Gasteiger partial charge on any atom is -0.504 e. The molecule has 2 rings (SSSR count). The molecule has 0 saturated carbocycles. The summed E-state index contributed by atoms with van der Waals surface area (Å²) in [6.45, 7) is 0.894. The lowest BCUT2D eigenvalue weighted by atomic mass is 10.0. The van der Waals surface area contributed by atoms with Crippen molar-refractivity contribution in [3.05, 3.63) is 29.3 Å². The number of phenols is 1. The number of ether oxygens (including phenoxy) is 1. The molecule has 1 aromatic carbocycles. The van der Waals surface area contributed by atoms with Gasteiger partial charge in [0.05, 0.1) is 7.11 Å². The highest BCUT2D eigenvalue weighted by molar-refractivity contribution is 5.79. The summed E-state index contributed by atoms with van der Waals surface area (Å²) in [6, 6.07) is 3.88. The summed E-state index contributed by atoms with van der Waals surface area (Å²) in [6.07, 6.45) is 4.20. The predicted molar refractivity (Wildman–Crippen MR) is 69.5 cm³/mol. The van der Waals surface area contributed by atoms with E-state index in [0.29, 0.717) is 5.75 Å². The van der Waals surface area contributed by atoms with Gasteiger partial charge in [0.25, 0.3) is 0 Å². The third-order valence-electron chi connectivity index (χ3n) is 3.13. The topological polar surface area (TPSA) is 32.7 Å². The zero-order chi connectivity index (χ0) is 12.4. The van der Waals surface area contributed by atoms with Gasteiger partial charge in [-0.25, -0.2) is 0 Å². The van der Waals surface area contributed by atoms with Gasteiger partial charge in [-0.2, -0.15) is 0 Å². The Hall–Kier alpha value is -1.48. The van der Waals surface area contributed by atoms with Gasteiger partial charge in [-0.15, -0.1) is 0 Å². The van der Waals surface area contributed by atoms with Gasteiger partial charge in [0.15, 0.2) is 11.5 Å². The first-order valence-corrected chi connectivity index (χ1v) is 5.86. The molecule has 0 atom stereocenters. The van der Waals surface area contributed by atoms with Gasteiger partial charge >= 0.3 is 0 Å². The molecule has 0 aromatic heterocycles. The molecule has 1 aliphatic rings. The molecule has 92 valence electrons. The molecule has 0 saturated heterocycles. The standard InChI is InChI=1S/C14H19NO2/c1-15(2)9-8-11-5-4-10-6-7-12(17-3)14(16)13(10)11/h6-8,16H,4-5,9H2,1-3H3/b11-8+. The van der Waals surface area contributed by atoms with Crippen LogP contribution in [0.4, 0.5) is 0 Å². The van der Waals surface area contributed by atoms with E-state index in [0.717, 1.165) is 24.9 Å². The van der Waals surface area contributed by atoms with Crippen LogP contribution in [0.5, 0.6) is 11.5 Å². The first-order chi connectivity index (χ1) is 8.13. The van der Waals surface area contributed by atoms with Crippen molar-refractivity contribution in [2.45, 2.75) is 12.8 Å². The van der Waals surface area contributed by atoms with Crippen molar-refractivity contribution in [2.75, 3.05) is 27.7 Å². The van der Waals surface area contributed by atoms with Crippen LogP contribution in [0.15, 0.2) is 18.2 Å². The summed E-state index contributed by atoms with van der Waals surface area (Å²) in [7, 11) is 5.66. The minimum absolute atomic E-state index is 0.285. The molecular weight excluding hydrogens is 214 g/mol. The van der Waals surface area contributed by atoms with Gasteiger partial charge in [0, 0.05) is 12.1 Å². The molecule has 0 fully saturated rings. The van der Waals surface area contributed by atoms with Gasteiger partial charge in [0.2, 0.25) is 0 Å². The second-order valence-corrected chi connectivity index (χ2v) is 4.64. The summed E-state index contributed by atoms with van der Waals surface area (Å²) in [4.78, 5) is 2.11. The highest BCUT2D eigenvalue weighted by Crippen LogP contribution is 2.43. The Morgan fingerprint density at radius 1 is 1.35 bits per heavy atom. The van der Waals surface area contributed by atoms with Crippen LogP contribution in [0, 0.1) is 0 Å². The monoisotopic (exact) mass is 233 g/mol. The maximum absolute atomic E-state index is 10.2. The molecule has 1 aliphatic carbocycles. The molecule has 3 heteroatoms. The average molecular weight is 233 g/mol. The zero-order valence-electron chi connectivity index (χ0n) is 10.7. The zero-order valence-corrected chi connectivity index (χ0v) is 10.7. The minimum atomic E-state index is 0.285. The fourth-order valence-corrected chi connectivity index (χ4v) is 2.24. The van der Waals surface area contributed by atoms with Crippen LogP contribution in [-0.4, -0.2) is 37.8 Å². The lowest BCUT2D eigenvalue weighted by molar-refractivity contribution is 0.372. The van der Waals surface area contributed by atoms with E-state index in [-0.39, 0.29) is 5.75 Å². The maximum Gasteiger partial charge on any atom is 0.165 e. The van der Waals surface area contributed by atoms with E-state index in [1.165, 1.54) is 11.1 Å². The van der Waals surface area contributed by atoms with Crippen LogP contribution in [-0.2, 0) is 6.42 Å². The molecule has 0 unspecified atom stereocenters. The lowest BCUT2D eigenvalue weighted by Gasteiger charge is -2.10. The fourth-order valence-electron chi connectivity index (χ4n) is 2.24. The third kappa shape index (κ3) is 2.29. The number of methoxy groups -OCH3 is 1. The number of benzene rings is 1. The summed E-state index contributed by atoms with van der Waals surface area (Å²) in [5, 5.41) is 10.2. The normalized spacial score (nSPS) is 16.6. The molecule has 0 aliphatic heterocycles. The van der Waals surface area contributed by atoms with Crippen molar-refractivity contribution in [1.29, 1.82) is 0 Å². The van der Waals surface area contributed by atoms with Gasteiger partial charge in [-0.3, -0.25) is 0 Å². The second-order valence-electron chi connectivity index (χ2n) is 4.64. The van der Waals surface area contributed by atoms with E-state index in [2.05, 4.69) is 11.0 Å².